The van der Waals surface area contributed by atoms with Gasteiger partial charge < -0.3 is 10.2 Å². The van der Waals surface area contributed by atoms with E-state index in [1.54, 1.807) is 17.4 Å². The third-order valence-corrected chi connectivity index (χ3v) is 6.98. The van der Waals surface area contributed by atoms with Crippen molar-refractivity contribution < 1.29 is 9.18 Å². The van der Waals surface area contributed by atoms with Gasteiger partial charge in [-0.2, -0.15) is 0 Å². The van der Waals surface area contributed by atoms with Crippen molar-refractivity contribution >= 4 is 38.7 Å². The molecule has 0 atom stereocenters. The molecule has 0 aliphatic carbocycles. The van der Waals surface area contributed by atoms with Crippen molar-refractivity contribution in [1.82, 2.24) is 4.90 Å². The highest BCUT2D eigenvalue weighted by Gasteiger charge is 2.20. The van der Waals surface area contributed by atoms with Crippen LogP contribution in [0.25, 0.3) is 10.1 Å². The zero-order valence-corrected chi connectivity index (χ0v) is 17.1. The Balaban J connectivity index is 1.19. The number of halogens is 1. The molecule has 0 bridgehead atoms. The van der Waals surface area contributed by atoms with Crippen LogP contribution in [-0.4, -0.2) is 43.5 Å². The van der Waals surface area contributed by atoms with Crippen molar-refractivity contribution in [2.45, 2.75) is 19.3 Å². The second-order valence-corrected chi connectivity index (χ2v) is 8.76. The Bertz CT molecular complexity index is 1060. The van der Waals surface area contributed by atoms with E-state index < -0.39 is 0 Å². The summed E-state index contributed by atoms with van der Waals surface area (Å²) < 4.78 is 15.0. The van der Waals surface area contributed by atoms with Gasteiger partial charge in [0.2, 0.25) is 5.91 Å². The van der Waals surface area contributed by atoms with Crippen LogP contribution in [0.3, 0.4) is 0 Å². The maximum absolute atomic E-state index is 14.0. The summed E-state index contributed by atoms with van der Waals surface area (Å²) in [5.41, 5.74) is 4.65. The Morgan fingerprint density at radius 3 is 2.76 bits per heavy atom. The molecule has 0 saturated carbocycles. The van der Waals surface area contributed by atoms with E-state index in [9.17, 15) is 9.18 Å². The van der Waals surface area contributed by atoms with E-state index >= 15 is 0 Å². The fourth-order valence-electron chi connectivity index (χ4n) is 4.34. The van der Waals surface area contributed by atoms with E-state index in [2.05, 4.69) is 33.3 Å². The lowest BCUT2D eigenvalue weighted by Gasteiger charge is -2.36. The minimum Gasteiger partial charge on any atom is -0.368 e. The minimum absolute atomic E-state index is 0.117. The molecule has 0 radical (unpaired) electrons. The monoisotopic (exact) mass is 409 g/mol. The first-order valence-corrected chi connectivity index (χ1v) is 11.1. The first-order valence-electron chi connectivity index (χ1n) is 10.2. The molecule has 0 spiro atoms. The van der Waals surface area contributed by atoms with E-state index in [1.165, 1.54) is 11.1 Å². The van der Waals surface area contributed by atoms with Gasteiger partial charge in [0.05, 0.1) is 10.4 Å². The van der Waals surface area contributed by atoms with Gasteiger partial charge in [-0.3, -0.25) is 9.69 Å². The van der Waals surface area contributed by atoms with Crippen molar-refractivity contribution in [3.63, 3.8) is 0 Å². The number of aryl methyl sites for hydroxylation is 1. The molecule has 1 aromatic heterocycles. The van der Waals surface area contributed by atoms with Gasteiger partial charge in [-0.25, -0.2) is 4.39 Å². The highest BCUT2D eigenvalue weighted by atomic mass is 32.1. The number of rotatable bonds is 4. The number of hydrogen-bond acceptors (Lipinski definition) is 4. The molecule has 150 valence electrons. The zero-order valence-electron chi connectivity index (χ0n) is 16.3. The summed E-state index contributed by atoms with van der Waals surface area (Å²) in [5, 5.41) is 5.69. The van der Waals surface area contributed by atoms with E-state index in [-0.39, 0.29) is 11.7 Å². The first kappa shape index (κ1) is 18.6. The molecule has 5 rings (SSSR count). The molecule has 2 aliphatic rings. The number of amides is 1. The lowest BCUT2D eigenvalue weighted by atomic mass is 9.99. The van der Waals surface area contributed by atoms with Gasteiger partial charge in [-0.1, -0.05) is 12.1 Å². The number of carbonyl (C=O) groups excluding carboxylic acids is 1. The molecule has 2 aliphatic heterocycles. The van der Waals surface area contributed by atoms with Crippen LogP contribution in [0.1, 0.15) is 17.5 Å². The second-order valence-electron chi connectivity index (χ2n) is 7.85. The first-order chi connectivity index (χ1) is 14.2. The zero-order chi connectivity index (χ0) is 19.8. The molecule has 29 heavy (non-hydrogen) atoms. The maximum atomic E-state index is 14.0. The predicted molar refractivity (Wildman–Crippen MR) is 118 cm³/mol. The van der Waals surface area contributed by atoms with Crippen molar-refractivity contribution in [3.05, 3.63) is 58.7 Å². The quantitative estimate of drug-likeness (QED) is 0.698. The van der Waals surface area contributed by atoms with Crippen molar-refractivity contribution in [2.75, 3.05) is 42.9 Å². The van der Waals surface area contributed by atoms with Crippen LogP contribution in [0.15, 0.2) is 41.8 Å². The highest BCUT2D eigenvalue weighted by molar-refractivity contribution is 7.17. The number of benzene rings is 2. The van der Waals surface area contributed by atoms with Crippen LogP contribution in [0.5, 0.6) is 0 Å². The number of piperazine rings is 1. The third-order valence-electron chi connectivity index (χ3n) is 6.04. The SMILES string of the molecule is O=C1CCc2ccc(CCN3CCN(c4ccc(F)c5ccsc45)CC3)cc2N1. The number of nitrogens with zero attached hydrogens (tertiary/aromatic N) is 2. The Morgan fingerprint density at radius 1 is 1.03 bits per heavy atom. The van der Waals surface area contributed by atoms with Crippen LogP contribution in [-0.2, 0) is 17.6 Å². The Morgan fingerprint density at radius 2 is 1.90 bits per heavy atom. The van der Waals surface area contributed by atoms with Crippen LogP contribution in [0, 0.1) is 5.82 Å². The number of nitrogens with one attached hydrogen (secondary N) is 1. The normalized spacial score (nSPS) is 17.4. The fourth-order valence-corrected chi connectivity index (χ4v) is 5.29. The topological polar surface area (TPSA) is 35.6 Å². The van der Waals surface area contributed by atoms with Crippen LogP contribution in [0.2, 0.25) is 0 Å². The standard InChI is InChI=1S/C23H24FN3OS/c24-19-4-5-21(23-18(19)8-14-29-23)27-12-10-26(11-13-27)9-7-16-1-2-17-3-6-22(28)25-20(17)15-16/h1-2,4-5,8,14-15H,3,6-7,9-13H2,(H,25,28). The molecular formula is C23H24FN3OS. The molecule has 2 aromatic carbocycles. The largest absolute Gasteiger partial charge is 0.368 e. The molecule has 1 amide bonds. The smallest absolute Gasteiger partial charge is 0.224 e. The number of fused-ring (bicyclic) bond motifs is 2. The van der Waals surface area contributed by atoms with E-state index in [4.69, 9.17) is 0 Å². The molecule has 6 heteroatoms. The molecular weight excluding hydrogens is 385 g/mol. The summed E-state index contributed by atoms with van der Waals surface area (Å²) >= 11 is 1.62. The van der Waals surface area contributed by atoms with Crippen LogP contribution < -0.4 is 10.2 Å². The summed E-state index contributed by atoms with van der Waals surface area (Å²) in [6, 6.07) is 11.9. The molecule has 1 saturated heterocycles. The van der Waals surface area contributed by atoms with Gasteiger partial charge in [0.15, 0.2) is 0 Å². The average Bonchev–Trinajstić information content (AvgIpc) is 3.24. The summed E-state index contributed by atoms with van der Waals surface area (Å²) in [5.74, 6) is -0.0173. The number of anilines is 2. The van der Waals surface area contributed by atoms with Crippen LogP contribution in [0.4, 0.5) is 15.8 Å². The van der Waals surface area contributed by atoms with Gasteiger partial charge in [0.25, 0.3) is 0 Å². The Hall–Kier alpha value is -2.44. The van der Waals surface area contributed by atoms with E-state index in [0.717, 1.165) is 67.0 Å². The Labute approximate surface area is 173 Å². The maximum Gasteiger partial charge on any atom is 0.224 e. The van der Waals surface area contributed by atoms with Gasteiger partial charge in [-0.05, 0) is 53.6 Å². The lowest BCUT2D eigenvalue weighted by molar-refractivity contribution is -0.116. The van der Waals surface area contributed by atoms with Crippen molar-refractivity contribution in [2.24, 2.45) is 0 Å². The highest BCUT2D eigenvalue weighted by Crippen LogP contribution is 2.33. The minimum atomic E-state index is -0.134. The van der Waals surface area contributed by atoms with Gasteiger partial charge in [0.1, 0.15) is 5.82 Å². The van der Waals surface area contributed by atoms with Crippen molar-refractivity contribution in [1.29, 1.82) is 0 Å². The predicted octanol–water partition coefficient (Wildman–Crippen LogP) is 4.29. The van der Waals surface area contributed by atoms with Gasteiger partial charge >= 0.3 is 0 Å². The fraction of sp³-hybridized carbons (Fsp3) is 0.348. The average molecular weight is 410 g/mol. The molecule has 1 N–H and O–H groups in total. The number of carbonyl (C=O) groups is 1. The number of thiophene rings is 1. The Kier molecular flexibility index (Phi) is 4.97. The van der Waals surface area contributed by atoms with Crippen molar-refractivity contribution in [3.8, 4) is 0 Å². The van der Waals surface area contributed by atoms with E-state index in [0.29, 0.717) is 6.42 Å². The molecule has 3 heterocycles. The molecule has 0 unspecified atom stereocenters. The summed E-state index contributed by atoms with van der Waals surface area (Å²) in [7, 11) is 0. The summed E-state index contributed by atoms with van der Waals surface area (Å²) in [4.78, 5) is 16.5. The van der Waals surface area contributed by atoms with Gasteiger partial charge in [0, 0.05) is 50.2 Å². The molecule has 4 nitrogen and oxygen atoms in total. The third kappa shape index (κ3) is 3.74. The van der Waals surface area contributed by atoms with Gasteiger partial charge in [-0.15, -0.1) is 11.3 Å². The summed E-state index contributed by atoms with van der Waals surface area (Å²) in [6.45, 7) is 4.94. The molecule has 1 fully saturated rings. The lowest BCUT2D eigenvalue weighted by Crippen LogP contribution is -2.47. The number of hydrogen-bond donors (Lipinski definition) is 1. The van der Waals surface area contributed by atoms with E-state index in [1.807, 2.05) is 17.5 Å². The molecule has 3 aromatic rings. The van der Waals surface area contributed by atoms with Crippen LogP contribution >= 0.6 is 11.3 Å². The second kappa shape index (κ2) is 7.76. The summed E-state index contributed by atoms with van der Waals surface area (Å²) in [6.07, 6.45) is 2.40.